The number of unbranched alkanes of at least 4 members (excludes halogenated alkanes) is 4. The first-order valence-electron chi connectivity index (χ1n) is 8.07. The van der Waals surface area contributed by atoms with Gasteiger partial charge in [-0.3, -0.25) is 15.2 Å². The van der Waals surface area contributed by atoms with Crippen molar-refractivity contribution < 1.29 is 4.79 Å². The van der Waals surface area contributed by atoms with Crippen molar-refractivity contribution in [1.29, 1.82) is 0 Å². The number of nitrogens with zero attached hydrogens (tertiary/aromatic N) is 2. The number of anilines is 1. The van der Waals surface area contributed by atoms with Crippen molar-refractivity contribution in [3.63, 3.8) is 0 Å². The van der Waals surface area contributed by atoms with Gasteiger partial charge in [-0.15, -0.1) is 0 Å². The second-order valence-corrected chi connectivity index (χ2v) is 5.98. The molecule has 0 saturated carbocycles. The van der Waals surface area contributed by atoms with Crippen LogP contribution in [0.1, 0.15) is 44.6 Å². The second-order valence-electron chi connectivity index (χ2n) is 5.58. The summed E-state index contributed by atoms with van der Waals surface area (Å²) in [5.74, 6) is 0.141. The molecule has 0 heterocycles. The lowest BCUT2D eigenvalue weighted by molar-refractivity contribution is 0.251. The number of benzene rings is 1. The summed E-state index contributed by atoms with van der Waals surface area (Å²) in [6.45, 7) is 4.71. The van der Waals surface area contributed by atoms with Crippen LogP contribution in [-0.2, 0) is 0 Å². The SMILES string of the molecule is CCCCCCCN=C(N)NC(=O)N(C)c1c(C)cccc1Cl. The summed E-state index contributed by atoms with van der Waals surface area (Å²) in [7, 11) is 1.65. The summed E-state index contributed by atoms with van der Waals surface area (Å²) in [5.41, 5.74) is 7.35. The topological polar surface area (TPSA) is 70.7 Å². The van der Waals surface area contributed by atoms with Crippen molar-refractivity contribution in [1.82, 2.24) is 5.32 Å². The average Bonchev–Trinajstić information content (AvgIpc) is 2.50. The van der Waals surface area contributed by atoms with Crippen molar-refractivity contribution in [3.05, 3.63) is 28.8 Å². The monoisotopic (exact) mass is 338 g/mol. The molecule has 2 amide bonds. The van der Waals surface area contributed by atoms with Crippen LogP contribution in [0.25, 0.3) is 0 Å². The van der Waals surface area contributed by atoms with Crippen LogP contribution in [0, 0.1) is 6.92 Å². The Bertz CT molecular complexity index is 525. The molecule has 0 aliphatic carbocycles. The number of amides is 2. The molecular formula is C17H27ClN4O. The van der Waals surface area contributed by atoms with E-state index >= 15 is 0 Å². The minimum absolute atomic E-state index is 0.141. The molecule has 0 atom stereocenters. The van der Waals surface area contributed by atoms with Gasteiger partial charge in [-0.25, -0.2) is 4.79 Å². The van der Waals surface area contributed by atoms with Gasteiger partial charge in [0.1, 0.15) is 0 Å². The summed E-state index contributed by atoms with van der Waals surface area (Å²) in [4.78, 5) is 17.9. The van der Waals surface area contributed by atoms with Gasteiger partial charge in [0.05, 0.1) is 10.7 Å². The summed E-state index contributed by atoms with van der Waals surface area (Å²) >= 11 is 6.17. The second kappa shape index (κ2) is 10.1. The Morgan fingerprint density at radius 1 is 1.30 bits per heavy atom. The van der Waals surface area contributed by atoms with E-state index in [0.717, 1.165) is 18.4 Å². The zero-order chi connectivity index (χ0) is 17.2. The Morgan fingerprint density at radius 3 is 2.65 bits per heavy atom. The van der Waals surface area contributed by atoms with E-state index in [0.29, 0.717) is 17.3 Å². The third-order valence-corrected chi connectivity index (χ3v) is 3.91. The van der Waals surface area contributed by atoms with E-state index in [-0.39, 0.29) is 12.0 Å². The number of urea groups is 1. The maximum Gasteiger partial charge on any atom is 0.328 e. The van der Waals surface area contributed by atoms with Gasteiger partial charge < -0.3 is 5.73 Å². The van der Waals surface area contributed by atoms with Gasteiger partial charge in [-0.05, 0) is 25.0 Å². The van der Waals surface area contributed by atoms with Gasteiger partial charge in [0, 0.05) is 13.6 Å². The van der Waals surface area contributed by atoms with Crippen LogP contribution in [0.2, 0.25) is 5.02 Å². The number of carbonyl (C=O) groups is 1. The number of para-hydroxylation sites is 1. The highest BCUT2D eigenvalue weighted by molar-refractivity contribution is 6.34. The molecule has 3 N–H and O–H groups in total. The number of hydrogen-bond donors (Lipinski definition) is 2. The number of nitrogens with one attached hydrogen (secondary N) is 1. The molecule has 5 nitrogen and oxygen atoms in total. The number of guanidine groups is 1. The van der Waals surface area contributed by atoms with Crippen LogP contribution in [0.5, 0.6) is 0 Å². The summed E-state index contributed by atoms with van der Waals surface area (Å²) in [5, 5.41) is 3.11. The fourth-order valence-corrected chi connectivity index (χ4v) is 2.65. The maximum absolute atomic E-state index is 12.2. The van der Waals surface area contributed by atoms with Gasteiger partial charge in [0.15, 0.2) is 5.96 Å². The standard InChI is InChI=1S/C17H27ClN4O/c1-4-5-6-7-8-12-20-16(19)21-17(23)22(3)15-13(2)10-9-11-14(15)18/h9-11H,4-8,12H2,1-3H3,(H3,19,20,21,23). The van der Waals surface area contributed by atoms with E-state index < -0.39 is 0 Å². The zero-order valence-electron chi connectivity index (χ0n) is 14.2. The van der Waals surface area contributed by atoms with Crippen molar-refractivity contribution in [3.8, 4) is 0 Å². The highest BCUT2D eigenvalue weighted by atomic mass is 35.5. The molecule has 0 radical (unpaired) electrons. The van der Waals surface area contributed by atoms with Crippen LogP contribution in [0.15, 0.2) is 23.2 Å². The molecule has 0 aliphatic rings. The first-order chi connectivity index (χ1) is 11.0. The Balaban J connectivity index is 2.51. The number of hydrogen-bond acceptors (Lipinski definition) is 2. The van der Waals surface area contributed by atoms with E-state index in [1.165, 1.54) is 24.2 Å². The first kappa shape index (κ1) is 19.3. The molecule has 0 bridgehead atoms. The van der Waals surface area contributed by atoms with Gasteiger partial charge in [0.25, 0.3) is 0 Å². The van der Waals surface area contributed by atoms with Crippen LogP contribution in [0.4, 0.5) is 10.5 Å². The molecule has 1 aromatic carbocycles. The number of aryl methyl sites for hydroxylation is 1. The lowest BCUT2D eigenvalue weighted by Gasteiger charge is -2.21. The third-order valence-electron chi connectivity index (χ3n) is 3.61. The number of nitrogens with two attached hydrogens (primary N) is 1. The molecule has 1 aromatic rings. The van der Waals surface area contributed by atoms with Crippen LogP contribution in [-0.4, -0.2) is 25.6 Å². The van der Waals surface area contributed by atoms with Crippen LogP contribution in [0.3, 0.4) is 0 Å². The molecule has 0 saturated heterocycles. The molecule has 128 valence electrons. The molecule has 6 heteroatoms. The van der Waals surface area contributed by atoms with Crippen LogP contribution >= 0.6 is 11.6 Å². The quantitative estimate of drug-likeness (QED) is 0.446. The molecule has 0 aliphatic heterocycles. The Hall–Kier alpha value is -1.75. The van der Waals surface area contributed by atoms with E-state index in [1.807, 2.05) is 19.1 Å². The predicted octanol–water partition coefficient (Wildman–Crippen LogP) is 4.08. The van der Waals surface area contributed by atoms with Crippen molar-refractivity contribution in [2.45, 2.75) is 46.0 Å². The summed E-state index contributed by atoms with van der Waals surface area (Å²) in [6, 6.07) is 5.15. The molecule has 0 spiro atoms. The number of halogens is 1. The highest BCUT2D eigenvalue weighted by Crippen LogP contribution is 2.28. The van der Waals surface area contributed by atoms with E-state index in [9.17, 15) is 4.79 Å². The van der Waals surface area contributed by atoms with Crippen molar-refractivity contribution in [2.75, 3.05) is 18.5 Å². The summed E-state index contributed by atoms with van der Waals surface area (Å²) < 4.78 is 0. The van der Waals surface area contributed by atoms with Crippen molar-refractivity contribution >= 4 is 29.3 Å². The number of rotatable bonds is 7. The minimum Gasteiger partial charge on any atom is -0.370 e. The fraction of sp³-hybridized carbons (Fsp3) is 0.529. The third kappa shape index (κ3) is 6.48. The normalized spacial score (nSPS) is 11.4. The molecule has 1 rings (SSSR count). The van der Waals surface area contributed by atoms with Crippen LogP contribution < -0.4 is 16.0 Å². The fourth-order valence-electron chi connectivity index (χ4n) is 2.30. The number of aliphatic imine (C=N–C) groups is 1. The molecule has 0 fully saturated rings. The lowest BCUT2D eigenvalue weighted by Crippen LogP contribution is -2.44. The van der Waals surface area contributed by atoms with Gasteiger partial charge in [-0.1, -0.05) is 56.3 Å². The predicted molar refractivity (Wildman–Crippen MR) is 98.4 cm³/mol. The van der Waals surface area contributed by atoms with Gasteiger partial charge in [-0.2, -0.15) is 0 Å². The lowest BCUT2D eigenvalue weighted by atomic mass is 10.2. The molecule has 23 heavy (non-hydrogen) atoms. The molecular weight excluding hydrogens is 312 g/mol. The van der Waals surface area contributed by atoms with Gasteiger partial charge >= 0.3 is 6.03 Å². The van der Waals surface area contributed by atoms with E-state index in [1.54, 1.807) is 13.1 Å². The highest BCUT2D eigenvalue weighted by Gasteiger charge is 2.16. The molecule has 0 unspecified atom stereocenters. The largest absolute Gasteiger partial charge is 0.370 e. The Morgan fingerprint density at radius 2 is 2.00 bits per heavy atom. The van der Waals surface area contributed by atoms with Gasteiger partial charge in [0.2, 0.25) is 0 Å². The van der Waals surface area contributed by atoms with Crippen molar-refractivity contribution in [2.24, 2.45) is 10.7 Å². The Labute approximate surface area is 143 Å². The average molecular weight is 339 g/mol. The Kier molecular flexibility index (Phi) is 8.48. The minimum atomic E-state index is -0.353. The maximum atomic E-state index is 12.2. The first-order valence-corrected chi connectivity index (χ1v) is 8.45. The number of carbonyl (C=O) groups excluding carboxylic acids is 1. The smallest absolute Gasteiger partial charge is 0.328 e. The molecule has 0 aromatic heterocycles. The summed E-state index contributed by atoms with van der Waals surface area (Å²) in [6.07, 6.45) is 5.80. The van der Waals surface area contributed by atoms with E-state index in [2.05, 4.69) is 17.2 Å². The van der Waals surface area contributed by atoms with E-state index in [4.69, 9.17) is 17.3 Å². The zero-order valence-corrected chi connectivity index (χ0v) is 15.0.